The Morgan fingerprint density at radius 1 is 1.24 bits per heavy atom. The van der Waals surface area contributed by atoms with E-state index in [4.69, 9.17) is 9.47 Å². The Morgan fingerprint density at radius 2 is 1.86 bits per heavy atom. The molecule has 0 aliphatic carbocycles. The van der Waals surface area contributed by atoms with Gasteiger partial charge in [-0.15, -0.1) is 0 Å². The van der Waals surface area contributed by atoms with Gasteiger partial charge in [0.25, 0.3) is 5.91 Å². The van der Waals surface area contributed by atoms with Gasteiger partial charge >= 0.3 is 0 Å². The lowest BCUT2D eigenvalue weighted by molar-refractivity contribution is -0.139. The minimum Gasteiger partial charge on any atom is -0.491 e. The van der Waals surface area contributed by atoms with Crippen molar-refractivity contribution in [3.05, 3.63) is 24.3 Å². The van der Waals surface area contributed by atoms with Crippen molar-refractivity contribution in [2.24, 2.45) is 0 Å². The Morgan fingerprint density at radius 3 is 2.33 bits per heavy atom. The average Bonchev–Trinajstić information content (AvgIpc) is 2.49. The number of ether oxygens (including phenoxy) is 2. The van der Waals surface area contributed by atoms with Gasteiger partial charge in [-0.25, -0.2) is 0 Å². The van der Waals surface area contributed by atoms with Crippen LogP contribution in [0.5, 0.6) is 5.75 Å². The zero-order chi connectivity index (χ0) is 15.9. The standard InChI is InChI=1S/C17H27NO3/c1-6-13(4)21-15-11-9-14(10-12-15)18-16(19)17(5,7-2)20-8-3/h9-13H,6-8H2,1-5H3,(H,18,19)/t13-,17+/m1/s1. The molecule has 1 aromatic rings. The van der Waals surface area contributed by atoms with Gasteiger partial charge in [0.1, 0.15) is 11.4 Å². The maximum atomic E-state index is 12.3. The van der Waals surface area contributed by atoms with Gasteiger partial charge in [-0.3, -0.25) is 4.79 Å². The fourth-order valence-corrected chi connectivity index (χ4v) is 1.84. The van der Waals surface area contributed by atoms with Crippen molar-refractivity contribution in [1.82, 2.24) is 0 Å². The molecule has 118 valence electrons. The number of hydrogen-bond donors (Lipinski definition) is 1. The number of nitrogens with one attached hydrogen (secondary N) is 1. The number of benzene rings is 1. The monoisotopic (exact) mass is 293 g/mol. The summed E-state index contributed by atoms with van der Waals surface area (Å²) in [6, 6.07) is 7.42. The Balaban J connectivity index is 2.68. The van der Waals surface area contributed by atoms with Gasteiger partial charge in [0.15, 0.2) is 0 Å². The molecule has 0 spiro atoms. The van der Waals surface area contributed by atoms with Gasteiger partial charge in [-0.05, 0) is 57.9 Å². The van der Waals surface area contributed by atoms with Crippen LogP contribution in [0.3, 0.4) is 0 Å². The van der Waals surface area contributed by atoms with E-state index >= 15 is 0 Å². The molecule has 0 saturated heterocycles. The number of anilines is 1. The molecule has 4 nitrogen and oxygen atoms in total. The molecule has 0 aromatic heterocycles. The summed E-state index contributed by atoms with van der Waals surface area (Å²) in [5.41, 5.74) is -0.0448. The van der Waals surface area contributed by atoms with Crippen molar-refractivity contribution in [3.8, 4) is 5.75 Å². The van der Waals surface area contributed by atoms with Gasteiger partial charge < -0.3 is 14.8 Å². The molecule has 0 unspecified atom stereocenters. The van der Waals surface area contributed by atoms with Gasteiger partial charge in [0.2, 0.25) is 0 Å². The summed E-state index contributed by atoms with van der Waals surface area (Å²) in [5, 5.41) is 2.89. The van der Waals surface area contributed by atoms with Crippen molar-refractivity contribution in [2.75, 3.05) is 11.9 Å². The van der Waals surface area contributed by atoms with Gasteiger partial charge in [-0.1, -0.05) is 13.8 Å². The number of rotatable bonds is 8. The zero-order valence-electron chi connectivity index (χ0n) is 13.7. The highest BCUT2D eigenvalue weighted by Gasteiger charge is 2.31. The molecule has 1 N–H and O–H groups in total. The van der Waals surface area contributed by atoms with E-state index in [2.05, 4.69) is 12.2 Å². The Bertz CT molecular complexity index is 444. The molecule has 1 aromatic carbocycles. The summed E-state index contributed by atoms with van der Waals surface area (Å²) in [7, 11) is 0. The molecule has 0 aliphatic heterocycles. The maximum absolute atomic E-state index is 12.3. The van der Waals surface area contributed by atoms with E-state index < -0.39 is 5.60 Å². The van der Waals surface area contributed by atoms with Gasteiger partial charge in [0.05, 0.1) is 6.10 Å². The molecule has 1 rings (SSSR count). The van der Waals surface area contributed by atoms with Crippen LogP contribution < -0.4 is 10.1 Å². The first-order chi connectivity index (χ1) is 9.95. The van der Waals surface area contributed by atoms with E-state index in [-0.39, 0.29) is 12.0 Å². The number of carbonyl (C=O) groups excluding carboxylic acids is 1. The third kappa shape index (κ3) is 5.05. The van der Waals surface area contributed by atoms with E-state index in [1.54, 1.807) is 0 Å². The third-order valence-electron chi connectivity index (χ3n) is 3.64. The smallest absolute Gasteiger partial charge is 0.256 e. The Labute approximate surface area is 127 Å². The maximum Gasteiger partial charge on any atom is 0.256 e. The summed E-state index contributed by atoms with van der Waals surface area (Å²) in [6.45, 7) is 10.3. The summed E-state index contributed by atoms with van der Waals surface area (Å²) in [5.74, 6) is 0.688. The molecule has 0 heterocycles. The van der Waals surface area contributed by atoms with Crippen molar-refractivity contribution in [1.29, 1.82) is 0 Å². The van der Waals surface area contributed by atoms with Gasteiger partial charge in [0, 0.05) is 12.3 Å². The number of amides is 1. The highest BCUT2D eigenvalue weighted by Crippen LogP contribution is 2.21. The second-order valence-electron chi connectivity index (χ2n) is 5.33. The molecule has 0 fully saturated rings. The molecular weight excluding hydrogens is 266 g/mol. The summed E-state index contributed by atoms with van der Waals surface area (Å²) >= 11 is 0. The van der Waals surface area contributed by atoms with Crippen LogP contribution in [0.1, 0.15) is 47.5 Å². The second kappa shape index (κ2) is 8.03. The first kappa shape index (κ1) is 17.5. The molecule has 0 aliphatic rings. The third-order valence-corrected chi connectivity index (χ3v) is 3.64. The normalized spacial score (nSPS) is 15.1. The minimum atomic E-state index is -0.791. The lowest BCUT2D eigenvalue weighted by atomic mass is 10.0. The molecule has 0 saturated carbocycles. The van der Waals surface area contributed by atoms with E-state index in [0.29, 0.717) is 13.0 Å². The summed E-state index contributed by atoms with van der Waals surface area (Å²) in [4.78, 5) is 12.3. The van der Waals surface area contributed by atoms with Crippen LogP contribution in [-0.4, -0.2) is 24.2 Å². The summed E-state index contributed by atoms with van der Waals surface area (Å²) in [6.07, 6.45) is 1.77. The predicted molar refractivity (Wildman–Crippen MR) is 85.8 cm³/mol. The van der Waals surface area contributed by atoms with Crippen molar-refractivity contribution < 1.29 is 14.3 Å². The quantitative estimate of drug-likeness (QED) is 0.788. The molecular formula is C17H27NO3. The van der Waals surface area contributed by atoms with Crippen molar-refractivity contribution >= 4 is 11.6 Å². The van der Waals surface area contributed by atoms with Crippen LogP contribution in [0.4, 0.5) is 5.69 Å². The average molecular weight is 293 g/mol. The van der Waals surface area contributed by atoms with E-state index in [9.17, 15) is 4.79 Å². The van der Waals surface area contributed by atoms with Gasteiger partial charge in [-0.2, -0.15) is 0 Å². The fraction of sp³-hybridized carbons (Fsp3) is 0.588. The van der Waals surface area contributed by atoms with E-state index in [1.165, 1.54) is 0 Å². The first-order valence-electron chi connectivity index (χ1n) is 7.67. The molecule has 1 amide bonds. The van der Waals surface area contributed by atoms with Crippen LogP contribution in [0.25, 0.3) is 0 Å². The summed E-state index contributed by atoms with van der Waals surface area (Å²) < 4.78 is 11.3. The van der Waals surface area contributed by atoms with Crippen LogP contribution >= 0.6 is 0 Å². The predicted octanol–water partition coefficient (Wildman–Crippen LogP) is 4.01. The van der Waals surface area contributed by atoms with Crippen LogP contribution in [-0.2, 0) is 9.53 Å². The van der Waals surface area contributed by atoms with Crippen LogP contribution in [0.2, 0.25) is 0 Å². The molecule has 2 atom stereocenters. The first-order valence-corrected chi connectivity index (χ1v) is 7.67. The van der Waals surface area contributed by atoms with Crippen molar-refractivity contribution in [3.63, 3.8) is 0 Å². The topological polar surface area (TPSA) is 47.6 Å². The fourth-order valence-electron chi connectivity index (χ4n) is 1.84. The van der Waals surface area contributed by atoms with Crippen LogP contribution in [0.15, 0.2) is 24.3 Å². The lowest BCUT2D eigenvalue weighted by Crippen LogP contribution is -2.42. The van der Waals surface area contributed by atoms with Crippen molar-refractivity contribution in [2.45, 2.75) is 59.2 Å². The molecule has 4 heteroatoms. The van der Waals surface area contributed by atoms with Crippen LogP contribution in [0, 0.1) is 0 Å². The largest absolute Gasteiger partial charge is 0.491 e. The Kier molecular flexibility index (Phi) is 6.69. The van der Waals surface area contributed by atoms with E-state index in [0.717, 1.165) is 17.9 Å². The molecule has 21 heavy (non-hydrogen) atoms. The highest BCUT2D eigenvalue weighted by molar-refractivity contribution is 5.97. The SMILES string of the molecule is CCO[C@@](C)(CC)C(=O)Nc1ccc(O[C@H](C)CC)cc1. The van der Waals surface area contributed by atoms with E-state index in [1.807, 2.05) is 52.0 Å². The zero-order valence-corrected chi connectivity index (χ0v) is 13.7. The number of hydrogen-bond acceptors (Lipinski definition) is 3. The second-order valence-corrected chi connectivity index (χ2v) is 5.33. The Hall–Kier alpha value is -1.55. The highest BCUT2D eigenvalue weighted by atomic mass is 16.5. The molecule has 0 radical (unpaired) electrons. The lowest BCUT2D eigenvalue weighted by Gasteiger charge is -2.26. The number of carbonyl (C=O) groups is 1. The molecule has 0 bridgehead atoms. The minimum absolute atomic E-state index is 0.123.